The van der Waals surface area contributed by atoms with Gasteiger partial charge in [-0.15, -0.1) is 0 Å². The molecule has 2 aliphatic heterocycles. The van der Waals surface area contributed by atoms with Gasteiger partial charge in [0.05, 0.1) is 11.7 Å². The molecule has 194 valence electrons. The number of carboxylic acid groups (broad SMARTS) is 1. The molecule has 0 aliphatic carbocycles. The van der Waals surface area contributed by atoms with Crippen LogP contribution in [0, 0.1) is 0 Å². The summed E-state index contributed by atoms with van der Waals surface area (Å²) in [7, 11) is 0. The van der Waals surface area contributed by atoms with Crippen LogP contribution in [-0.2, 0) is 15.1 Å². The van der Waals surface area contributed by atoms with Gasteiger partial charge in [0.15, 0.2) is 5.60 Å². The minimum absolute atomic E-state index is 0.260. The molecule has 3 amide bonds. The lowest BCUT2D eigenvalue weighted by Crippen LogP contribution is -2.66. The first-order chi connectivity index (χ1) is 18.3. The topological polar surface area (TPSA) is 137 Å². The van der Waals surface area contributed by atoms with Gasteiger partial charge in [0.2, 0.25) is 0 Å². The van der Waals surface area contributed by atoms with E-state index < -0.39 is 35.8 Å². The molecule has 2 heterocycles. The number of carbonyl (C=O) groups is 4. The van der Waals surface area contributed by atoms with Crippen molar-refractivity contribution in [1.29, 1.82) is 0 Å². The molecule has 2 aliphatic rings. The van der Waals surface area contributed by atoms with E-state index in [0.29, 0.717) is 22.7 Å². The standard InChI is InChI=1S/C27H23ClN4O6/c28-18-8-11-21-20(12-18)27(38-26(37)31-21)14-32(15-27)23(16-4-2-1-3-5-16)22(13-33)30-24(34)17-6-9-19(10-7-17)29-25(35)36/h1-13,22-23,29H,14-15H2,(H,30,34)(H,31,37)(H,35,36). The first-order valence-corrected chi connectivity index (χ1v) is 12.1. The van der Waals surface area contributed by atoms with Crippen LogP contribution in [-0.4, -0.2) is 53.5 Å². The number of carbonyl (C=O) groups excluding carboxylic acids is 3. The largest absolute Gasteiger partial charge is 0.465 e. The zero-order valence-corrected chi connectivity index (χ0v) is 20.6. The van der Waals surface area contributed by atoms with Gasteiger partial charge in [-0.05, 0) is 48.0 Å². The van der Waals surface area contributed by atoms with Gasteiger partial charge in [-0.25, -0.2) is 9.59 Å². The quantitative estimate of drug-likeness (QED) is 0.333. The molecule has 2 unspecified atom stereocenters. The first kappa shape index (κ1) is 25.2. The molecule has 0 radical (unpaired) electrons. The van der Waals surface area contributed by atoms with Crippen LogP contribution in [0.5, 0.6) is 0 Å². The Balaban J connectivity index is 1.40. The maximum absolute atomic E-state index is 13.0. The van der Waals surface area contributed by atoms with Gasteiger partial charge in [0.25, 0.3) is 5.91 Å². The molecular formula is C27H23ClN4O6. The Bertz CT molecular complexity index is 1390. The molecule has 10 nitrogen and oxygen atoms in total. The summed E-state index contributed by atoms with van der Waals surface area (Å²) in [4.78, 5) is 50.5. The highest BCUT2D eigenvalue weighted by molar-refractivity contribution is 6.30. The molecule has 0 bridgehead atoms. The van der Waals surface area contributed by atoms with E-state index in [9.17, 15) is 19.2 Å². The third-order valence-corrected chi connectivity index (χ3v) is 6.87. The highest BCUT2D eigenvalue weighted by atomic mass is 35.5. The number of nitrogens with one attached hydrogen (secondary N) is 3. The van der Waals surface area contributed by atoms with Crippen molar-refractivity contribution >= 4 is 47.4 Å². The molecule has 1 fully saturated rings. The zero-order valence-electron chi connectivity index (χ0n) is 19.9. The minimum atomic E-state index is -1.22. The first-order valence-electron chi connectivity index (χ1n) is 11.7. The van der Waals surface area contributed by atoms with Gasteiger partial charge >= 0.3 is 12.2 Å². The van der Waals surface area contributed by atoms with E-state index in [1.807, 2.05) is 35.2 Å². The smallest absolute Gasteiger partial charge is 0.412 e. The lowest BCUT2D eigenvalue weighted by atomic mass is 9.81. The van der Waals surface area contributed by atoms with Crippen molar-refractivity contribution in [1.82, 2.24) is 10.2 Å². The normalized spacial score (nSPS) is 17.1. The molecule has 38 heavy (non-hydrogen) atoms. The summed E-state index contributed by atoms with van der Waals surface area (Å²) in [5.74, 6) is -0.495. The fourth-order valence-electron chi connectivity index (χ4n) is 4.96. The second-order valence-corrected chi connectivity index (χ2v) is 9.54. The molecule has 0 saturated carbocycles. The number of rotatable bonds is 7. The van der Waals surface area contributed by atoms with Crippen LogP contribution in [0.2, 0.25) is 5.02 Å². The van der Waals surface area contributed by atoms with Gasteiger partial charge in [0, 0.05) is 34.9 Å². The van der Waals surface area contributed by atoms with E-state index in [-0.39, 0.29) is 18.7 Å². The highest BCUT2D eigenvalue weighted by Crippen LogP contribution is 2.47. The van der Waals surface area contributed by atoms with Crippen LogP contribution < -0.4 is 16.0 Å². The molecular weight excluding hydrogens is 512 g/mol. The summed E-state index contributed by atoms with van der Waals surface area (Å²) >= 11 is 6.23. The third-order valence-electron chi connectivity index (χ3n) is 6.63. The van der Waals surface area contributed by atoms with Crippen molar-refractivity contribution in [2.75, 3.05) is 23.7 Å². The van der Waals surface area contributed by atoms with Crippen LogP contribution in [0.3, 0.4) is 0 Å². The van der Waals surface area contributed by atoms with Gasteiger partial charge in [0.1, 0.15) is 12.3 Å². The van der Waals surface area contributed by atoms with Crippen LogP contribution >= 0.6 is 11.6 Å². The van der Waals surface area contributed by atoms with Crippen molar-refractivity contribution in [2.45, 2.75) is 17.7 Å². The number of benzene rings is 3. The number of hydrogen-bond donors (Lipinski definition) is 4. The number of hydrogen-bond acceptors (Lipinski definition) is 6. The predicted molar refractivity (Wildman–Crippen MR) is 139 cm³/mol. The van der Waals surface area contributed by atoms with E-state index in [0.717, 1.165) is 11.1 Å². The second-order valence-electron chi connectivity index (χ2n) is 9.10. The van der Waals surface area contributed by atoms with Crippen molar-refractivity contribution in [2.24, 2.45) is 0 Å². The second kappa shape index (κ2) is 10.2. The SMILES string of the molecule is O=CC(NC(=O)c1ccc(NC(=O)O)cc1)C(c1ccccc1)N1CC2(C1)OC(=O)Nc1ccc(Cl)cc12. The molecule has 3 aromatic carbocycles. The van der Waals surface area contributed by atoms with Gasteiger partial charge in [-0.2, -0.15) is 0 Å². The fourth-order valence-corrected chi connectivity index (χ4v) is 5.13. The summed E-state index contributed by atoms with van der Waals surface area (Å²) in [5, 5.41) is 17.0. The Hall–Kier alpha value is -4.41. The molecule has 1 saturated heterocycles. The Kier molecular flexibility index (Phi) is 6.75. The number of halogens is 1. The third kappa shape index (κ3) is 4.91. The van der Waals surface area contributed by atoms with Crippen LogP contribution in [0.25, 0.3) is 0 Å². The predicted octanol–water partition coefficient (Wildman–Crippen LogP) is 4.24. The minimum Gasteiger partial charge on any atom is -0.465 e. The van der Waals surface area contributed by atoms with Crippen molar-refractivity contribution in [3.05, 3.63) is 94.5 Å². The van der Waals surface area contributed by atoms with Crippen molar-refractivity contribution in [3.63, 3.8) is 0 Å². The van der Waals surface area contributed by atoms with Crippen LogP contribution in [0.1, 0.15) is 27.5 Å². The lowest BCUT2D eigenvalue weighted by Gasteiger charge is -2.54. The maximum Gasteiger partial charge on any atom is 0.412 e. The van der Waals surface area contributed by atoms with E-state index in [4.69, 9.17) is 21.4 Å². The van der Waals surface area contributed by atoms with Gasteiger partial charge in [-0.1, -0.05) is 41.9 Å². The van der Waals surface area contributed by atoms with E-state index in [2.05, 4.69) is 16.0 Å². The molecule has 4 N–H and O–H groups in total. The average Bonchev–Trinajstić information content (AvgIpc) is 2.88. The number of nitrogens with zero attached hydrogens (tertiary/aromatic N) is 1. The molecule has 1 spiro atoms. The van der Waals surface area contributed by atoms with Crippen LogP contribution in [0.15, 0.2) is 72.8 Å². The number of aldehydes is 1. The van der Waals surface area contributed by atoms with Gasteiger partial charge < -0.3 is 20.0 Å². The Morgan fingerprint density at radius 1 is 1.08 bits per heavy atom. The Morgan fingerprint density at radius 2 is 1.79 bits per heavy atom. The summed E-state index contributed by atoms with van der Waals surface area (Å²) < 4.78 is 5.74. The maximum atomic E-state index is 13.0. The Labute approximate surface area is 222 Å². The number of ether oxygens (including phenoxy) is 1. The van der Waals surface area contributed by atoms with Crippen molar-refractivity contribution in [3.8, 4) is 0 Å². The molecule has 11 heteroatoms. The van der Waals surface area contributed by atoms with Crippen molar-refractivity contribution < 1.29 is 29.0 Å². The number of fused-ring (bicyclic) bond motifs is 2. The monoisotopic (exact) mass is 534 g/mol. The average molecular weight is 535 g/mol. The van der Waals surface area contributed by atoms with E-state index in [1.54, 1.807) is 18.2 Å². The van der Waals surface area contributed by atoms with Gasteiger partial charge in [-0.3, -0.25) is 20.3 Å². The Morgan fingerprint density at radius 3 is 2.45 bits per heavy atom. The fraction of sp³-hybridized carbons (Fsp3) is 0.185. The summed E-state index contributed by atoms with van der Waals surface area (Å²) in [6.07, 6.45) is -1.11. The number of likely N-dealkylation sites (tertiary alicyclic amines) is 1. The highest BCUT2D eigenvalue weighted by Gasteiger charge is 2.54. The molecule has 3 aromatic rings. The van der Waals surface area contributed by atoms with Crippen LogP contribution in [0.4, 0.5) is 21.0 Å². The lowest BCUT2D eigenvalue weighted by molar-refractivity contribution is -0.134. The summed E-state index contributed by atoms with van der Waals surface area (Å²) in [6.45, 7) is 0.562. The summed E-state index contributed by atoms with van der Waals surface area (Å²) in [6, 6.07) is 18.8. The van der Waals surface area contributed by atoms with E-state index in [1.165, 1.54) is 24.3 Å². The number of amides is 3. The molecule has 0 aromatic heterocycles. The van der Waals surface area contributed by atoms with E-state index >= 15 is 0 Å². The zero-order chi connectivity index (χ0) is 26.9. The molecule has 5 rings (SSSR count). The number of anilines is 2. The summed E-state index contributed by atoms with van der Waals surface area (Å²) in [5.41, 5.74) is 1.78. The molecule has 2 atom stereocenters.